The zero-order valence-corrected chi connectivity index (χ0v) is 21.4. The molecule has 8 heteroatoms. The number of nitrogens with one attached hydrogen (secondary N) is 3. The first-order valence-electron chi connectivity index (χ1n) is 10.9. The van der Waals surface area contributed by atoms with Crippen molar-refractivity contribution in [2.75, 3.05) is 11.9 Å². The van der Waals surface area contributed by atoms with E-state index in [1.54, 1.807) is 23.1 Å². The SMILES string of the molecule is CCNC(=NCc1cccc(NC(=O)Cn2cccn2)c1)NC(C)CCCC(C)C.I. The fourth-order valence-corrected chi connectivity index (χ4v) is 3.12. The van der Waals surface area contributed by atoms with Crippen LogP contribution < -0.4 is 16.0 Å². The lowest BCUT2D eigenvalue weighted by molar-refractivity contribution is -0.116. The maximum Gasteiger partial charge on any atom is 0.246 e. The number of aliphatic imine (C=N–C) groups is 1. The molecule has 1 aromatic carbocycles. The van der Waals surface area contributed by atoms with Crippen molar-refractivity contribution in [3.63, 3.8) is 0 Å². The maximum absolute atomic E-state index is 12.2. The van der Waals surface area contributed by atoms with Crippen molar-refractivity contribution in [2.45, 2.75) is 66.1 Å². The van der Waals surface area contributed by atoms with Gasteiger partial charge in [0.2, 0.25) is 5.91 Å². The summed E-state index contributed by atoms with van der Waals surface area (Å²) >= 11 is 0. The number of halogens is 1. The van der Waals surface area contributed by atoms with Crippen molar-refractivity contribution in [3.8, 4) is 0 Å². The molecular formula is C23H37IN6O. The second-order valence-electron chi connectivity index (χ2n) is 8.02. The number of aromatic nitrogens is 2. The zero-order chi connectivity index (χ0) is 21.8. The van der Waals surface area contributed by atoms with Crippen molar-refractivity contribution >= 4 is 41.5 Å². The fraction of sp³-hybridized carbons (Fsp3) is 0.522. The molecule has 1 atom stereocenters. The quantitative estimate of drug-likeness (QED) is 0.224. The van der Waals surface area contributed by atoms with Gasteiger partial charge in [0.25, 0.3) is 0 Å². The highest BCUT2D eigenvalue weighted by Crippen LogP contribution is 2.12. The summed E-state index contributed by atoms with van der Waals surface area (Å²) in [5.41, 5.74) is 1.80. The Morgan fingerprint density at radius 3 is 2.68 bits per heavy atom. The van der Waals surface area contributed by atoms with Gasteiger partial charge < -0.3 is 16.0 Å². The van der Waals surface area contributed by atoms with Crippen LogP contribution in [-0.2, 0) is 17.9 Å². The number of hydrogen-bond acceptors (Lipinski definition) is 3. The molecule has 0 saturated heterocycles. The molecule has 172 valence electrons. The van der Waals surface area contributed by atoms with E-state index in [0.717, 1.165) is 36.1 Å². The molecule has 7 nitrogen and oxygen atoms in total. The summed E-state index contributed by atoms with van der Waals surface area (Å²) < 4.78 is 1.60. The molecule has 0 aliphatic heterocycles. The lowest BCUT2D eigenvalue weighted by Crippen LogP contribution is -2.42. The van der Waals surface area contributed by atoms with Crippen molar-refractivity contribution in [2.24, 2.45) is 10.9 Å². The molecule has 0 aliphatic carbocycles. The summed E-state index contributed by atoms with van der Waals surface area (Å²) in [7, 11) is 0. The lowest BCUT2D eigenvalue weighted by Gasteiger charge is -2.18. The van der Waals surface area contributed by atoms with Crippen molar-refractivity contribution < 1.29 is 4.79 Å². The van der Waals surface area contributed by atoms with Crippen LogP contribution in [0.3, 0.4) is 0 Å². The average Bonchev–Trinajstić information content (AvgIpc) is 3.19. The molecule has 1 unspecified atom stereocenters. The molecule has 2 aromatic rings. The van der Waals surface area contributed by atoms with E-state index >= 15 is 0 Å². The molecule has 1 amide bonds. The van der Waals surface area contributed by atoms with Crippen molar-refractivity contribution in [1.82, 2.24) is 20.4 Å². The highest BCUT2D eigenvalue weighted by atomic mass is 127. The third-order valence-corrected chi connectivity index (χ3v) is 4.64. The van der Waals surface area contributed by atoms with E-state index in [-0.39, 0.29) is 36.4 Å². The average molecular weight is 540 g/mol. The topological polar surface area (TPSA) is 83.3 Å². The van der Waals surface area contributed by atoms with Gasteiger partial charge in [-0.15, -0.1) is 24.0 Å². The van der Waals surface area contributed by atoms with Crippen LogP contribution in [0.5, 0.6) is 0 Å². The Hall–Kier alpha value is -2.10. The van der Waals surface area contributed by atoms with E-state index in [1.807, 2.05) is 24.3 Å². The van der Waals surface area contributed by atoms with Crippen LogP contribution in [0, 0.1) is 5.92 Å². The van der Waals surface area contributed by atoms with Crippen LogP contribution >= 0.6 is 24.0 Å². The number of guanidine groups is 1. The van der Waals surface area contributed by atoms with Crippen LogP contribution in [0.2, 0.25) is 0 Å². The Morgan fingerprint density at radius 1 is 1.19 bits per heavy atom. The minimum Gasteiger partial charge on any atom is -0.357 e. The standard InChI is InChI=1S/C23H36N6O.HI/c1-5-24-23(27-19(4)10-6-9-18(2)3)25-16-20-11-7-12-21(15-20)28-22(30)17-29-14-8-13-26-29;/h7-8,11-15,18-19H,5-6,9-10,16-17H2,1-4H3,(H,28,30)(H2,24,25,27);1H. The number of rotatable bonds is 11. The number of hydrogen-bond donors (Lipinski definition) is 3. The van der Waals surface area contributed by atoms with Gasteiger partial charge in [0, 0.05) is 30.7 Å². The number of amides is 1. The summed E-state index contributed by atoms with van der Waals surface area (Å²) in [5.74, 6) is 1.46. The Labute approximate surface area is 203 Å². The van der Waals surface area contributed by atoms with Crippen LogP contribution in [0.25, 0.3) is 0 Å². The van der Waals surface area contributed by atoms with Gasteiger partial charge in [-0.05, 0) is 49.9 Å². The van der Waals surface area contributed by atoms with E-state index < -0.39 is 0 Å². The molecule has 0 radical (unpaired) electrons. The predicted molar refractivity (Wildman–Crippen MR) is 139 cm³/mol. The lowest BCUT2D eigenvalue weighted by atomic mass is 10.0. The minimum atomic E-state index is -0.107. The Balaban J connectivity index is 0.00000480. The molecule has 1 aromatic heterocycles. The van der Waals surface area contributed by atoms with Gasteiger partial charge in [0.15, 0.2) is 5.96 Å². The van der Waals surface area contributed by atoms with Gasteiger partial charge in [0.05, 0.1) is 6.54 Å². The van der Waals surface area contributed by atoms with Gasteiger partial charge >= 0.3 is 0 Å². The third-order valence-electron chi connectivity index (χ3n) is 4.64. The summed E-state index contributed by atoms with van der Waals surface area (Å²) in [6.45, 7) is 10.3. The number of benzene rings is 1. The monoisotopic (exact) mass is 540 g/mol. The normalized spacial score (nSPS) is 12.2. The smallest absolute Gasteiger partial charge is 0.246 e. The number of nitrogens with zero attached hydrogens (tertiary/aromatic N) is 3. The maximum atomic E-state index is 12.2. The molecule has 2 rings (SSSR count). The van der Waals surface area contributed by atoms with Gasteiger partial charge in [0.1, 0.15) is 6.54 Å². The highest BCUT2D eigenvalue weighted by molar-refractivity contribution is 14.0. The summed E-state index contributed by atoms with van der Waals surface area (Å²) in [5, 5.41) is 13.8. The first-order valence-corrected chi connectivity index (χ1v) is 10.9. The molecule has 1 heterocycles. The molecule has 31 heavy (non-hydrogen) atoms. The van der Waals surface area contributed by atoms with E-state index in [2.05, 4.69) is 48.7 Å². The molecule has 0 spiro atoms. The summed E-state index contributed by atoms with van der Waals surface area (Å²) in [4.78, 5) is 16.9. The molecule has 0 bridgehead atoms. The summed E-state index contributed by atoms with van der Waals surface area (Å²) in [6, 6.07) is 9.96. The van der Waals surface area contributed by atoms with E-state index in [9.17, 15) is 4.79 Å². The van der Waals surface area contributed by atoms with E-state index in [1.165, 1.54) is 12.8 Å². The fourth-order valence-electron chi connectivity index (χ4n) is 3.12. The molecular weight excluding hydrogens is 503 g/mol. The van der Waals surface area contributed by atoms with Gasteiger partial charge in [-0.1, -0.05) is 38.8 Å². The van der Waals surface area contributed by atoms with Gasteiger partial charge in [-0.25, -0.2) is 4.99 Å². The van der Waals surface area contributed by atoms with Crippen molar-refractivity contribution in [3.05, 3.63) is 48.3 Å². The van der Waals surface area contributed by atoms with E-state index in [4.69, 9.17) is 4.99 Å². The van der Waals surface area contributed by atoms with Crippen LogP contribution in [0.4, 0.5) is 5.69 Å². The number of anilines is 1. The van der Waals surface area contributed by atoms with E-state index in [0.29, 0.717) is 12.6 Å². The molecule has 0 fully saturated rings. The second-order valence-corrected chi connectivity index (χ2v) is 8.02. The summed E-state index contributed by atoms with van der Waals surface area (Å²) in [6.07, 6.45) is 7.02. The minimum absolute atomic E-state index is 0. The van der Waals surface area contributed by atoms with Gasteiger partial charge in [-0.2, -0.15) is 5.10 Å². The van der Waals surface area contributed by atoms with Crippen LogP contribution in [-0.4, -0.2) is 34.2 Å². The largest absolute Gasteiger partial charge is 0.357 e. The molecule has 3 N–H and O–H groups in total. The Kier molecular flexibility index (Phi) is 12.9. The Bertz CT molecular complexity index is 791. The van der Waals surface area contributed by atoms with Crippen LogP contribution in [0.1, 0.15) is 52.5 Å². The Morgan fingerprint density at radius 2 is 2.00 bits per heavy atom. The highest BCUT2D eigenvalue weighted by Gasteiger charge is 2.07. The van der Waals surface area contributed by atoms with Gasteiger partial charge in [-0.3, -0.25) is 9.48 Å². The third kappa shape index (κ3) is 11.2. The predicted octanol–water partition coefficient (Wildman–Crippen LogP) is 4.41. The van der Waals surface area contributed by atoms with Crippen LogP contribution in [0.15, 0.2) is 47.7 Å². The molecule has 0 aliphatic rings. The molecule has 0 saturated carbocycles. The zero-order valence-electron chi connectivity index (χ0n) is 19.1. The number of carbonyl (C=O) groups excluding carboxylic acids is 1. The first kappa shape index (κ1) is 26.9. The first-order chi connectivity index (χ1) is 14.5. The second kappa shape index (κ2) is 14.8. The van der Waals surface area contributed by atoms with Crippen molar-refractivity contribution in [1.29, 1.82) is 0 Å². The number of carbonyl (C=O) groups is 1.